The van der Waals surface area contributed by atoms with Crippen LogP contribution in [0, 0.1) is 13.8 Å². The fourth-order valence-corrected chi connectivity index (χ4v) is 2.43. The fourth-order valence-electron chi connectivity index (χ4n) is 2.43. The molecule has 0 spiro atoms. The van der Waals surface area contributed by atoms with Crippen LogP contribution in [-0.4, -0.2) is 25.7 Å². The van der Waals surface area contributed by atoms with Gasteiger partial charge in [0.15, 0.2) is 5.82 Å². The zero-order valence-corrected chi connectivity index (χ0v) is 12.7. The molecule has 2 heterocycles. The standard InChI is InChI=1S/C16H17N5O/c1-10-12(15-20-18-9-21(15)3)5-4-6-14(10)19-16(22)13-7-8-17-11(13)2/h4-9,17H,1-3H3,(H,19,22). The first-order chi connectivity index (χ1) is 10.6. The molecule has 1 aromatic carbocycles. The molecule has 0 bridgehead atoms. The Morgan fingerprint density at radius 3 is 2.73 bits per heavy atom. The van der Waals surface area contributed by atoms with Gasteiger partial charge in [-0.25, -0.2) is 0 Å². The highest BCUT2D eigenvalue weighted by atomic mass is 16.1. The molecule has 0 saturated heterocycles. The number of carbonyl (C=O) groups is 1. The lowest BCUT2D eigenvalue weighted by molar-refractivity contribution is 0.102. The number of nitrogens with zero attached hydrogens (tertiary/aromatic N) is 3. The van der Waals surface area contributed by atoms with E-state index in [0.717, 1.165) is 28.3 Å². The summed E-state index contributed by atoms with van der Waals surface area (Å²) in [7, 11) is 1.89. The van der Waals surface area contributed by atoms with Crippen molar-refractivity contribution in [2.45, 2.75) is 13.8 Å². The van der Waals surface area contributed by atoms with Gasteiger partial charge in [0.2, 0.25) is 0 Å². The summed E-state index contributed by atoms with van der Waals surface area (Å²) in [4.78, 5) is 15.4. The van der Waals surface area contributed by atoms with E-state index in [1.165, 1.54) is 0 Å². The van der Waals surface area contributed by atoms with Crippen molar-refractivity contribution in [3.63, 3.8) is 0 Å². The van der Waals surface area contributed by atoms with Gasteiger partial charge in [0.25, 0.3) is 5.91 Å². The first-order valence-electron chi connectivity index (χ1n) is 6.97. The van der Waals surface area contributed by atoms with Crippen molar-refractivity contribution in [3.8, 4) is 11.4 Å². The number of aromatic nitrogens is 4. The summed E-state index contributed by atoms with van der Waals surface area (Å²) in [5.41, 5.74) is 4.16. The molecule has 0 aliphatic carbocycles. The second kappa shape index (κ2) is 5.48. The number of benzene rings is 1. The lowest BCUT2D eigenvalue weighted by atomic mass is 10.1. The Kier molecular flexibility index (Phi) is 3.50. The molecule has 6 heteroatoms. The van der Waals surface area contributed by atoms with Crippen LogP contribution in [0.25, 0.3) is 11.4 Å². The summed E-state index contributed by atoms with van der Waals surface area (Å²) in [6.45, 7) is 3.83. The molecule has 3 rings (SSSR count). The topological polar surface area (TPSA) is 75.6 Å². The monoisotopic (exact) mass is 295 g/mol. The number of nitrogens with one attached hydrogen (secondary N) is 2. The predicted octanol–water partition coefficient (Wildman–Crippen LogP) is 2.68. The second-order valence-electron chi connectivity index (χ2n) is 5.21. The van der Waals surface area contributed by atoms with E-state index >= 15 is 0 Å². The molecule has 6 nitrogen and oxygen atoms in total. The Bertz CT molecular complexity index is 831. The van der Waals surface area contributed by atoms with Crippen LogP contribution in [0.2, 0.25) is 0 Å². The van der Waals surface area contributed by atoms with Crippen LogP contribution in [0.1, 0.15) is 21.6 Å². The maximum atomic E-state index is 12.3. The normalized spacial score (nSPS) is 10.7. The Hall–Kier alpha value is -2.89. The third-order valence-electron chi connectivity index (χ3n) is 3.73. The van der Waals surface area contributed by atoms with Crippen LogP contribution in [-0.2, 0) is 7.05 Å². The van der Waals surface area contributed by atoms with Gasteiger partial charge in [0.05, 0.1) is 5.56 Å². The van der Waals surface area contributed by atoms with Crippen LogP contribution >= 0.6 is 0 Å². The number of carbonyl (C=O) groups excluding carboxylic acids is 1. The van der Waals surface area contributed by atoms with Crippen molar-refractivity contribution in [1.82, 2.24) is 19.7 Å². The molecule has 1 amide bonds. The number of aryl methyl sites for hydroxylation is 2. The summed E-state index contributed by atoms with van der Waals surface area (Å²) < 4.78 is 1.85. The number of hydrogen-bond donors (Lipinski definition) is 2. The smallest absolute Gasteiger partial charge is 0.257 e. The third kappa shape index (κ3) is 2.39. The predicted molar refractivity (Wildman–Crippen MR) is 84.7 cm³/mol. The van der Waals surface area contributed by atoms with E-state index in [4.69, 9.17) is 0 Å². The van der Waals surface area contributed by atoms with Gasteiger partial charge < -0.3 is 14.9 Å². The van der Waals surface area contributed by atoms with Crippen molar-refractivity contribution in [3.05, 3.63) is 53.6 Å². The minimum atomic E-state index is -0.128. The van der Waals surface area contributed by atoms with Gasteiger partial charge in [0.1, 0.15) is 6.33 Å². The summed E-state index contributed by atoms with van der Waals surface area (Å²) in [5, 5.41) is 11.0. The van der Waals surface area contributed by atoms with Gasteiger partial charge in [-0.3, -0.25) is 4.79 Å². The van der Waals surface area contributed by atoms with Gasteiger partial charge in [0, 0.05) is 30.2 Å². The first kappa shape index (κ1) is 14.1. The Labute approximate surface area is 128 Å². The SMILES string of the molecule is Cc1[nH]ccc1C(=O)Nc1cccc(-c2nncn2C)c1C. The highest BCUT2D eigenvalue weighted by Crippen LogP contribution is 2.27. The Balaban J connectivity index is 1.94. The van der Waals surface area contributed by atoms with E-state index in [0.29, 0.717) is 5.56 Å². The van der Waals surface area contributed by atoms with E-state index in [1.807, 2.05) is 43.7 Å². The van der Waals surface area contributed by atoms with Crippen LogP contribution < -0.4 is 5.32 Å². The molecule has 0 unspecified atom stereocenters. The average molecular weight is 295 g/mol. The van der Waals surface area contributed by atoms with Gasteiger partial charge in [-0.1, -0.05) is 12.1 Å². The summed E-state index contributed by atoms with van der Waals surface area (Å²) >= 11 is 0. The molecule has 0 fully saturated rings. The fraction of sp³-hybridized carbons (Fsp3) is 0.188. The van der Waals surface area contributed by atoms with Crippen molar-refractivity contribution < 1.29 is 4.79 Å². The lowest BCUT2D eigenvalue weighted by Crippen LogP contribution is -2.13. The van der Waals surface area contributed by atoms with Crippen molar-refractivity contribution in [2.75, 3.05) is 5.32 Å². The zero-order valence-electron chi connectivity index (χ0n) is 12.7. The molecule has 0 aliphatic rings. The number of amides is 1. The number of hydrogen-bond acceptors (Lipinski definition) is 3. The largest absolute Gasteiger partial charge is 0.365 e. The highest BCUT2D eigenvalue weighted by molar-refractivity contribution is 6.05. The van der Waals surface area contributed by atoms with Crippen LogP contribution in [0.5, 0.6) is 0 Å². The molecule has 3 aromatic rings. The zero-order chi connectivity index (χ0) is 15.7. The van der Waals surface area contributed by atoms with Gasteiger partial charge in [-0.05, 0) is 31.5 Å². The van der Waals surface area contributed by atoms with Crippen molar-refractivity contribution in [2.24, 2.45) is 7.05 Å². The number of rotatable bonds is 3. The molecular formula is C16H17N5O. The third-order valence-corrected chi connectivity index (χ3v) is 3.73. The maximum Gasteiger partial charge on any atom is 0.257 e. The number of H-pyrrole nitrogens is 1. The molecule has 22 heavy (non-hydrogen) atoms. The summed E-state index contributed by atoms with van der Waals surface area (Å²) in [6, 6.07) is 7.52. The number of aromatic amines is 1. The van der Waals surface area contributed by atoms with Gasteiger partial charge in [-0.15, -0.1) is 10.2 Å². The van der Waals surface area contributed by atoms with Crippen LogP contribution in [0.15, 0.2) is 36.8 Å². The van der Waals surface area contributed by atoms with Crippen molar-refractivity contribution >= 4 is 11.6 Å². The molecule has 112 valence electrons. The van der Waals surface area contributed by atoms with Crippen LogP contribution in [0.3, 0.4) is 0 Å². The van der Waals surface area contributed by atoms with Gasteiger partial charge in [-0.2, -0.15) is 0 Å². The van der Waals surface area contributed by atoms with Crippen LogP contribution in [0.4, 0.5) is 5.69 Å². The second-order valence-corrected chi connectivity index (χ2v) is 5.21. The summed E-state index contributed by atoms with van der Waals surface area (Å²) in [6.07, 6.45) is 3.41. The highest BCUT2D eigenvalue weighted by Gasteiger charge is 2.14. The Morgan fingerprint density at radius 1 is 1.27 bits per heavy atom. The molecular weight excluding hydrogens is 278 g/mol. The summed E-state index contributed by atoms with van der Waals surface area (Å²) in [5.74, 6) is 0.642. The lowest BCUT2D eigenvalue weighted by Gasteiger charge is -2.12. The van der Waals surface area contributed by atoms with E-state index in [9.17, 15) is 4.79 Å². The van der Waals surface area contributed by atoms with E-state index in [1.54, 1.807) is 18.6 Å². The van der Waals surface area contributed by atoms with Crippen molar-refractivity contribution in [1.29, 1.82) is 0 Å². The average Bonchev–Trinajstić information content (AvgIpc) is 3.10. The quantitative estimate of drug-likeness (QED) is 0.780. The molecule has 2 N–H and O–H groups in total. The molecule has 0 atom stereocenters. The minimum absolute atomic E-state index is 0.128. The maximum absolute atomic E-state index is 12.3. The van der Waals surface area contributed by atoms with E-state index in [2.05, 4.69) is 20.5 Å². The van der Waals surface area contributed by atoms with E-state index in [-0.39, 0.29) is 5.91 Å². The molecule has 0 saturated carbocycles. The molecule has 2 aromatic heterocycles. The first-order valence-corrected chi connectivity index (χ1v) is 6.97. The Morgan fingerprint density at radius 2 is 2.09 bits per heavy atom. The molecule has 0 radical (unpaired) electrons. The number of anilines is 1. The minimum Gasteiger partial charge on any atom is -0.365 e. The molecule has 0 aliphatic heterocycles. The van der Waals surface area contributed by atoms with E-state index < -0.39 is 0 Å². The van der Waals surface area contributed by atoms with Gasteiger partial charge >= 0.3 is 0 Å².